The average Bonchev–Trinajstić information content (AvgIpc) is 2.93. The Morgan fingerprint density at radius 2 is 2.50 bits per heavy atom. The van der Waals surface area contributed by atoms with Gasteiger partial charge < -0.3 is 19.7 Å². The van der Waals surface area contributed by atoms with Crippen LogP contribution in [0.5, 0.6) is 0 Å². The summed E-state index contributed by atoms with van der Waals surface area (Å²) in [5.41, 5.74) is 5.51. The van der Waals surface area contributed by atoms with Crippen molar-refractivity contribution >= 4 is 0 Å². The third-order valence-electron chi connectivity index (χ3n) is 2.69. The van der Waals surface area contributed by atoms with Crippen LogP contribution in [-0.2, 0) is 15.9 Å². The van der Waals surface area contributed by atoms with Crippen LogP contribution in [0.15, 0.2) is 4.52 Å². The van der Waals surface area contributed by atoms with Crippen LogP contribution in [0.2, 0.25) is 0 Å². The van der Waals surface area contributed by atoms with Crippen LogP contribution in [0.4, 0.5) is 0 Å². The molecule has 0 bridgehead atoms. The predicted octanol–water partition coefficient (Wildman–Crippen LogP) is 0.437. The van der Waals surface area contributed by atoms with Gasteiger partial charge in [0.1, 0.15) is 6.10 Å². The summed E-state index contributed by atoms with van der Waals surface area (Å²) < 4.78 is 15.7. The molecule has 0 aromatic carbocycles. The Hall–Kier alpha value is -0.980. The molecule has 1 aromatic rings. The molecule has 0 amide bonds. The summed E-state index contributed by atoms with van der Waals surface area (Å²) in [6.45, 7) is 1.16. The zero-order valence-corrected chi connectivity index (χ0v) is 9.39. The molecule has 0 aliphatic carbocycles. The third-order valence-corrected chi connectivity index (χ3v) is 2.69. The molecule has 0 saturated carbocycles. The Bertz CT molecular complexity index is 319. The summed E-state index contributed by atoms with van der Waals surface area (Å²) >= 11 is 0. The lowest BCUT2D eigenvalue weighted by Gasteiger charge is -2.06. The van der Waals surface area contributed by atoms with Crippen molar-refractivity contribution in [2.75, 3.05) is 20.3 Å². The van der Waals surface area contributed by atoms with Crippen molar-refractivity contribution in [3.05, 3.63) is 11.7 Å². The zero-order chi connectivity index (χ0) is 11.4. The first-order chi connectivity index (χ1) is 7.83. The topological polar surface area (TPSA) is 83.4 Å². The predicted molar refractivity (Wildman–Crippen MR) is 55.8 cm³/mol. The normalized spacial score (nSPS) is 22.5. The van der Waals surface area contributed by atoms with Gasteiger partial charge in [0.25, 0.3) is 5.89 Å². The fourth-order valence-electron chi connectivity index (χ4n) is 1.79. The van der Waals surface area contributed by atoms with Gasteiger partial charge in [-0.1, -0.05) is 5.16 Å². The molecule has 2 N–H and O–H groups in total. The molecule has 90 valence electrons. The Balaban J connectivity index is 1.95. The minimum Gasteiger partial charge on any atom is -0.378 e. The molecule has 2 unspecified atom stereocenters. The summed E-state index contributed by atoms with van der Waals surface area (Å²) in [7, 11) is 1.57. The van der Waals surface area contributed by atoms with E-state index in [1.54, 1.807) is 7.11 Å². The first-order valence-corrected chi connectivity index (χ1v) is 5.50. The molecule has 1 saturated heterocycles. The highest BCUT2D eigenvalue weighted by molar-refractivity contribution is 4.93. The van der Waals surface area contributed by atoms with Crippen LogP contribution in [0.25, 0.3) is 0 Å². The van der Waals surface area contributed by atoms with E-state index in [9.17, 15) is 0 Å². The second-order valence-electron chi connectivity index (χ2n) is 3.85. The molecule has 1 aromatic heterocycles. The zero-order valence-electron chi connectivity index (χ0n) is 9.39. The minimum atomic E-state index is -0.314. The molecule has 2 rings (SSSR count). The van der Waals surface area contributed by atoms with Gasteiger partial charge in [-0.2, -0.15) is 4.98 Å². The summed E-state index contributed by atoms with van der Waals surface area (Å²) in [6.07, 6.45) is 2.78. The first kappa shape index (κ1) is 11.5. The van der Waals surface area contributed by atoms with Gasteiger partial charge in [0.05, 0.1) is 6.10 Å². The van der Waals surface area contributed by atoms with E-state index in [4.69, 9.17) is 19.7 Å². The van der Waals surface area contributed by atoms with E-state index in [2.05, 4.69) is 10.1 Å². The summed E-state index contributed by atoms with van der Waals surface area (Å²) in [5.74, 6) is 1.11. The number of ether oxygens (including phenoxy) is 2. The van der Waals surface area contributed by atoms with Crippen LogP contribution in [-0.4, -0.2) is 36.5 Å². The number of hydrogen-bond acceptors (Lipinski definition) is 6. The maximum atomic E-state index is 5.51. The molecule has 16 heavy (non-hydrogen) atoms. The standard InChI is InChI=1S/C10H17N3O3/c1-14-8(6-11)10-12-9(13-16-10)5-7-3-2-4-15-7/h7-8H,2-6,11H2,1H3. The second-order valence-corrected chi connectivity index (χ2v) is 3.85. The fourth-order valence-corrected chi connectivity index (χ4v) is 1.79. The highest BCUT2D eigenvalue weighted by atomic mass is 16.5. The first-order valence-electron chi connectivity index (χ1n) is 5.50. The summed E-state index contributed by atoms with van der Waals surface area (Å²) in [4.78, 5) is 4.25. The molecule has 2 atom stereocenters. The van der Waals surface area contributed by atoms with Crippen molar-refractivity contribution < 1.29 is 14.0 Å². The summed E-state index contributed by atoms with van der Waals surface area (Å²) in [5, 5.41) is 3.89. The van der Waals surface area contributed by atoms with Crippen molar-refractivity contribution in [2.24, 2.45) is 5.73 Å². The highest BCUT2D eigenvalue weighted by Crippen LogP contribution is 2.17. The van der Waals surface area contributed by atoms with Crippen molar-refractivity contribution in [1.82, 2.24) is 10.1 Å². The molecule has 1 aliphatic rings. The molecule has 2 heterocycles. The number of hydrogen-bond donors (Lipinski definition) is 1. The molecular weight excluding hydrogens is 210 g/mol. The van der Waals surface area contributed by atoms with E-state index >= 15 is 0 Å². The lowest BCUT2D eigenvalue weighted by Crippen LogP contribution is -2.15. The van der Waals surface area contributed by atoms with Gasteiger partial charge in [-0.25, -0.2) is 0 Å². The van der Waals surface area contributed by atoms with Gasteiger partial charge in [-0.05, 0) is 12.8 Å². The van der Waals surface area contributed by atoms with Gasteiger partial charge in [-0.15, -0.1) is 0 Å². The quantitative estimate of drug-likeness (QED) is 0.785. The Labute approximate surface area is 94.1 Å². The van der Waals surface area contributed by atoms with Crippen molar-refractivity contribution in [1.29, 1.82) is 0 Å². The summed E-state index contributed by atoms with van der Waals surface area (Å²) in [6, 6.07) is 0. The molecule has 6 nitrogen and oxygen atoms in total. The van der Waals surface area contributed by atoms with Crippen LogP contribution in [0.3, 0.4) is 0 Å². The minimum absolute atomic E-state index is 0.226. The van der Waals surface area contributed by atoms with E-state index < -0.39 is 0 Å². The Kier molecular flexibility index (Phi) is 3.87. The Morgan fingerprint density at radius 3 is 3.12 bits per heavy atom. The van der Waals surface area contributed by atoms with Crippen LogP contribution in [0.1, 0.15) is 30.7 Å². The van der Waals surface area contributed by atoms with Crippen LogP contribution in [0, 0.1) is 0 Å². The SMILES string of the molecule is COC(CN)c1nc(CC2CCCO2)no1. The average molecular weight is 227 g/mol. The van der Waals surface area contributed by atoms with Crippen LogP contribution < -0.4 is 5.73 Å². The number of aromatic nitrogens is 2. The van der Waals surface area contributed by atoms with Crippen LogP contribution >= 0.6 is 0 Å². The number of rotatable bonds is 5. The maximum Gasteiger partial charge on any atom is 0.257 e. The van der Waals surface area contributed by atoms with Crippen molar-refractivity contribution in [3.63, 3.8) is 0 Å². The van der Waals surface area contributed by atoms with Crippen molar-refractivity contribution in [2.45, 2.75) is 31.5 Å². The number of methoxy groups -OCH3 is 1. The van der Waals surface area contributed by atoms with E-state index in [-0.39, 0.29) is 12.2 Å². The van der Waals surface area contributed by atoms with Gasteiger partial charge in [0.15, 0.2) is 5.82 Å². The second kappa shape index (κ2) is 5.38. The molecule has 1 fully saturated rings. The lowest BCUT2D eigenvalue weighted by molar-refractivity contribution is 0.0803. The number of nitrogens with two attached hydrogens (primary N) is 1. The number of nitrogens with zero attached hydrogens (tertiary/aromatic N) is 2. The molecular formula is C10H17N3O3. The van der Waals surface area contributed by atoms with Gasteiger partial charge in [-0.3, -0.25) is 0 Å². The van der Waals surface area contributed by atoms with Gasteiger partial charge >= 0.3 is 0 Å². The monoisotopic (exact) mass is 227 g/mol. The molecule has 6 heteroatoms. The fraction of sp³-hybridized carbons (Fsp3) is 0.800. The molecule has 0 radical (unpaired) electrons. The van der Waals surface area contributed by atoms with Gasteiger partial charge in [0, 0.05) is 26.7 Å². The van der Waals surface area contributed by atoms with Crippen molar-refractivity contribution in [3.8, 4) is 0 Å². The largest absolute Gasteiger partial charge is 0.378 e. The smallest absolute Gasteiger partial charge is 0.257 e. The molecule has 0 spiro atoms. The van der Waals surface area contributed by atoms with E-state index in [1.807, 2.05) is 0 Å². The van der Waals surface area contributed by atoms with Gasteiger partial charge in [0.2, 0.25) is 0 Å². The van der Waals surface area contributed by atoms with E-state index in [0.29, 0.717) is 24.7 Å². The molecule has 1 aliphatic heterocycles. The van der Waals surface area contributed by atoms with E-state index in [0.717, 1.165) is 19.4 Å². The highest BCUT2D eigenvalue weighted by Gasteiger charge is 2.21. The van der Waals surface area contributed by atoms with E-state index in [1.165, 1.54) is 0 Å². The third kappa shape index (κ3) is 2.58. The Morgan fingerprint density at radius 1 is 1.62 bits per heavy atom. The lowest BCUT2D eigenvalue weighted by atomic mass is 10.2. The maximum absolute atomic E-state index is 5.51.